The molecule has 0 atom stereocenters. The van der Waals surface area contributed by atoms with Crippen molar-refractivity contribution < 1.29 is 4.79 Å². The van der Waals surface area contributed by atoms with E-state index in [0.29, 0.717) is 17.4 Å². The molecule has 2 heterocycles. The largest absolute Gasteiger partial charge is 0.350 e. The van der Waals surface area contributed by atoms with Crippen LogP contribution >= 0.6 is 0 Å². The Kier molecular flexibility index (Phi) is 6.15. The van der Waals surface area contributed by atoms with E-state index in [0.717, 1.165) is 43.0 Å². The van der Waals surface area contributed by atoms with Crippen LogP contribution < -0.4 is 10.9 Å². The van der Waals surface area contributed by atoms with E-state index in [1.807, 2.05) is 12.1 Å². The summed E-state index contributed by atoms with van der Waals surface area (Å²) in [5.74, 6) is -0.272. The molecule has 8 heteroatoms. The molecule has 1 N–H and O–H groups in total. The van der Waals surface area contributed by atoms with E-state index in [2.05, 4.69) is 44.6 Å². The fourth-order valence-corrected chi connectivity index (χ4v) is 3.62. The molecule has 0 aliphatic carbocycles. The minimum atomic E-state index is -0.315. The maximum Gasteiger partial charge on any atom is 0.278 e. The zero-order valence-corrected chi connectivity index (χ0v) is 17.1. The van der Waals surface area contributed by atoms with Gasteiger partial charge in [0, 0.05) is 39.3 Å². The van der Waals surface area contributed by atoms with Gasteiger partial charge >= 0.3 is 0 Å². The number of hydrogen-bond donors (Lipinski definition) is 1. The highest BCUT2D eigenvalue weighted by molar-refractivity contribution is 5.78. The Morgan fingerprint density at radius 2 is 1.80 bits per heavy atom. The van der Waals surface area contributed by atoms with Crippen LogP contribution in [0.2, 0.25) is 0 Å². The van der Waals surface area contributed by atoms with Crippen LogP contribution in [0.4, 0.5) is 0 Å². The van der Waals surface area contributed by atoms with Gasteiger partial charge < -0.3 is 10.2 Å². The maximum atomic E-state index is 12.5. The number of carbonyl (C=O) groups excluding carboxylic acids is 1. The highest BCUT2D eigenvalue weighted by Gasteiger charge is 2.14. The zero-order chi connectivity index (χ0) is 20.9. The molecule has 1 aliphatic heterocycles. The van der Waals surface area contributed by atoms with E-state index >= 15 is 0 Å². The van der Waals surface area contributed by atoms with Crippen LogP contribution in [0.3, 0.4) is 0 Å². The van der Waals surface area contributed by atoms with Crippen molar-refractivity contribution in [2.75, 3.05) is 33.2 Å². The number of hydrogen-bond acceptors (Lipinski definition) is 6. The number of nitrogens with zero attached hydrogens (tertiary/aromatic N) is 5. The molecule has 1 amide bonds. The van der Waals surface area contributed by atoms with Crippen molar-refractivity contribution in [3.63, 3.8) is 0 Å². The summed E-state index contributed by atoms with van der Waals surface area (Å²) in [6, 6.07) is 15.2. The fraction of sp³-hybridized carbons (Fsp3) is 0.364. The molecule has 0 saturated carbocycles. The van der Waals surface area contributed by atoms with Gasteiger partial charge in [0.15, 0.2) is 0 Å². The van der Waals surface area contributed by atoms with Crippen molar-refractivity contribution in [2.45, 2.75) is 19.6 Å². The first-order valence-corrected chi connectivity index (χ1v) is 10.2. The van der Waals surface area contributed by atoms with Crippen LogP contribution in [0.25, 0.3) is 10.9 Å². The van der Waals surface area contributed by atoms with E-state index in [1.165, 1.54) is 5.56 Å². The van der Waals surface area contributed by atoms with Crippen LogP contribution in [-0.4, -0.2) is 63.9 Å². The first kappa shape index (κ1) is 20.2. The molecule has 1 aliphatic rings. The molecule has 0 radical (unpaired) electrons. The topological polar surface area (TPSA) is 83.4 Å². The SMILES string of the molecule is CN1CCN(Cc2cccc(CNC(=O)Cn3nnc4ccccc4c3=O)c2)CC1. The Balaban J connectivity index is 1.34. The fourth-order valence-electron chi connectivity index (χ4n) is 3.62. The number of benzene rings is 2. The molecular weight excluding hydrogens is 380 g/mol. The summed E-state index contributed by atoms with van der Waals surface area (Å²) in [7, 11) is 2.15. The van der Waals surface area contributed by atoms with Gasteiger partial charge in [-0.3, -0.25) is 14.5 Å². The molecule has 0 bridgehead atoms. The Hall–Kier alpha value is -3.10. The normalized spacial score (nSPS) is 15.4. The van der Waals surface area contributed by atoms with E-state index in [4.69, 9.17) is 0 Å². The lowest BCUT2D eigenvalue weighted by atomic mass is 10.1. The van der Waals surface area contributed by atoms with Gasteiger partial charge in [0.2, 0.25) is 5.91 Å². The molecule has 3 aromatic rings. The van der Waals surface area contributed by atoms with Gasteiger partial charge in [-0.2, -0.15) is 0 Å². The Morgan fingerprint density at radius 1 is 1.03 bits per heavy atom. The maximum absolute atomic E-state index is 12.5. The predicted octanol–water partition coefficient (Wildman–Crippen LogP) is 0.855. The second-order valence-electron chi connectivity index (χ2n) is 7.75. The van der Waals surface area contributed by atoms with Gasteiger partial charge in [0.05, 0.1) is 5.39 Å². The molecule has 1 fully saturated rings. The quantitative estimate of drug-likeness (QED) is 0.654. The molecule has 1 aromatic heterocycles. The van der Waals surface area contributed by atoms with Gasteiger partial charge in [-0.05, 0) is 30.3 Å². The van der Waals surface area contributed by atoms with Crippen molar-refractivity contribution in [3.05, 3.63) is 70.0 Å². The summed E-state index contributed by atoms with van der Waals surface area (Å²) in [5.41, 5.74) is 2.48. The Labute approximate surface area is 175 Å². The van der Waals surface area contributed by atoms with Crippen molar-refractivity contribution in [1.82, 2.24) is 30.1 Å². The summed E-state index contributed by atoms with van der Waals surface area (Å²) in [4.78, 5) is 29.6. The molecule has 4 rings (SSSR count). The van der Waals surface area contributed by atoms with Gasteiger partial charge in [-0.25, -0.2) is 4.68 Å². The lowest BCUT2D eigenvalue weighted by Crippen LogP contribution is -2.43. The molecule has 8 nitrogen and oxygen atoms in total. The first-order valence-electron chi connectivity index (χ1n) is 10.2. The molecule has 1 saturated heterocycles. The average molecular weight is 406 g/mol. The standard InChI is InChI=1S/C22H26N6O2/c1-26-9-11-27(12-10-26)15-18-6-4-5-17(13-18)14-23-21(29)16-28-22(30)19-7-2-3-8-20(19)24-25-28/h2-8,13H,9-12,14-16H2,1H3,(H,23,29). The Morgan fingerprint density at radius 3 is 2.63 bits per heavy atom. The van der Waals surface area contributed by atoms with E-state index in [1.54, 1.807) is 24.3 Å². The first-order chi connectivity index (χ1) is 14.6. The van der Waals surface area contributed by atoms with Crippen LogP contribution in [0.5, 0.6) is 0 Å². The average Bonchev–Trinajstić information content (AvgIpc) is 2.76. The lowest BCUT2D eigenvalue weighted by molar-refractivity contribution is -0.122. The summed E-state index contributed by atoms with van der Waals surface area (Å²) < 4.78 is 1.10. The smallest absolute Gasteiger partial charge is 0.278 e. The molecule has 30 heavy (non-hydrogen) atoms. The Bertz CT molecular complexity index is 1090. The molecule has 0 spiro atoms. The number of nitrogens with one attached hydrogen (secondary N) is 1. The molecule has 156 valence electrons. The highest BCUT2D eigenvalue weighted by atomic mass is 16.2. The summed E-state index contributed by atoms with van der Waals surface area (Å²) in [6.45, 7) is 5.48. The number of piperazine rings is 1. The number of fused-ring (bicyclic) bond motifs is 1. The highest BCUT2D eigenvalue weighted by Crippen LogP contribution is 2.10. The van der Waals surface area contributed by atoms with Crippen molar-refractivity contribution in [2.24, 2.45) is 0 Å². The summed E-state index contributed by atoms with van der Waals surface area (Å²) >= 11 is 0. The third-order valence-corrected chi connectivity index (χ3v) is 5.41. The second-order valence-corrected chi connectivity index (χ2v) is 7.75. The number of likely N-dealkylation sites (N-methyl/N-ethyl adjacent to an activating group) is 1. The van der Waals surface area contributed by atoms with Gasteiger partial charge in [0.25, 0.3) is 5.56 Å². The molecule has 0 unspecified atom stereocenters. The zero-order valence-electron chi connectivity index (χ0n) is 17.1. The number of amides is 1. The van der Waals surface area contributed by atoms with Crippen LogP contribution in [0.15, 0.2) is 53.3 Å². The number of aromatic nitrogens is 3. The van der Waals surface area contributed by atoms with Crippen molar-refractivity contribution in [3.8, 4) is 0 Å². The van der Waals surface area contributed by atoms with Gasteiger partial charge in [-0.1, -0.05) is 41.6 Å². The van der Waals surface area contributed by atoms with E-state index in [-0.39, 0.29) is 18.0 Å². The molecular formula is C22H26N6O2. The minimum Gasteiger partial charge on any atom is -0.350 e. The number of carbonyl (C=O) groups is 1. The molecule has 2 aromatic carbocycles. The predicted molar refractivity (Wildman–Crippen MR) is 115 cm³/mol. The number of rotatable bonds is 6. The summed E-state index contributed by atoms with van der Waals surface area (Å²) in [5, 5.41) is 11.2. The van der Waals surface area contributed by atoms with Crippen LogP contribution in [0, 0.1) is 0 Å². The van der Waals surface area contributed by atoms with Crippen molar-refractivity contribution >= 4 is 16.8 Å². The summed E-state index contributed by atoms with van der Waals surface area (Å²) in [6.07, 6.45) is 0. The van der Waals surface area contributed by atoms with E-state index in [9.17, 15) is 9.59 Å². The second kappa shape index (κ2) is 9.15. The monoisotopic (exact) mass is 406 g/mol. The van der Waals surface area contributed by atoms with E-state index < -0.39 is 0 Å². The van der Waals surface area contributed by atoms with Crippen LogP contribution in [-0.2, 0) is 24.4 Å². The van der Waals surface area contributed by atoms with Gasteiger partial charge in [-0.15, -0.1) is 5.10 Å². The lowest BCUT2D eigenvalue weighted by Gasteiger charge is -2.32. The third kappa shape index (κ3) is 4.90. The van der Waals surface area contributed by atoms with Crippen LogP contribution in [0.1, 0.15) is 11.1 Å². The van der Waals surface area contributed by atoms with Gasteiger partial charge in [0.1, 0.15) is 12.1 Å². The minimum absolute atomic E-state index is 0.155. The van der Waals surface area contributed by atoms with Crippen molar-refractivity contribution in [1.29, 1.82) is 0 Å². The third-order valence-electron chi connectivity index (χ3n) is 5.41.